The number of nitrogens with zero attached hydrogens (tertiary/aromatic N) is 1. The third-order valence-electron chi connectivity index (χ3n) is 3.26. The normalized spacial score (nSPS) is 10.5. The molecule has 0 aliphatic carbocycles. The maximum atomic E-state index is 12.2. The summed E-state index contributed by atoms with van der Waals surface area (Å²) in [6.07, 6.45) is 2.08. The molecule has 3 rings (SSSR count). The van der Waals surface area contributed by atoms with Crippen LogP contribution in [0.2, 0.25) is 5.02 Å². The zero-order chi connectivity index (χ0) is 14.7. The van der Waals surface area contributed by atoms with E-state index in [4.69, 9.17) is 11.6 Å². The Balaban J connectivity index is 1.93. The first-order valence-corrected chi connectivity index (χ1v) is 6.99. The van der Waals surface area contributed by atoms with Crippen molar-refractivity contribution >= 4 is 11.6 Å². The molecule has 0 amide bonds. The first-order valence-electron chi connectivity index (χ1n) is 6.61. The maximum Gasteiger partial charge on any atom is 0.254 e. The van der Waals surface area contributed by atoms with Gasteiger partial charge in [-0.05, 0) is 11.6 Å². The smallest absolute Gasteiger partial charge is 0.254 e. The van der Waals surface area contributed by atoms with Gasteiger partial charge in [-0.15, -0.1) is 0 Å². The van der Waals surface area contributed by atoms with Crippen LogP contribution in [0.4, 0.5) is 0 Å². The largest absolute Gasteiger partial charge is 0.306 e. The molecule has 104 valence electrons. The molecule has 0 aliphatic heterocycles. The summed E-state index contributed by atoms with van der Waals surface area (Å²) in [4.78, 5) is 19.3. The molecule has 21 heavy (non-hydrogen) atoms. The quantitative estimate of drug-likeness (QED) is 0.801. The van der Waals surface area contributed by atoms with Crippen LogP contribution in [-0.4, -0.2) is 9.97 Å². The SMILES string of the molecule is O=c1[nH]c(-c2ccccc2)ncc1Cc1ccccc1Cl. The zero-order valence-corrected chi connectivity index (χ0v) is 12.0. The molecule has 0 unspecified atom stereocenters. The maximum absolute atomic E-state index is 12.2. The summed E-state index contributed by atoms with van der Waals surface area (Å²) in [5.74, 6) is 0.573. The van der Waals surface area contributed by atoms with Gasteiger partial charge < -0.3 is 4.98 Å². The summed E-state index contributed by atoms with van der Waals surface area (Å²) in [6.45, 7) is 0. The van der Waals surface area contributed by atoms with Crippen molar-refractivity contribution in [3.05, 3.63) is 87.3 Å². The number of aromatic nitrogens is 2. The van der Waals surface area contributed by atoms with Crippen molar-refractivity contribution < 1.29 is 0 Å². The monoisotopic (exact) mass is 296 g/mol. The van der Waals surface area contributed by atoms with E-state index in [-0.39, 0.29) is 5.56 Å². The molecule has 0 atom stereocenters. The van der Waals surface area contributed by atoms with E-state index < -0.39 is 0 Å². The number of hydrogen-bond acceptors (Lipinski definition) is 2. The highest BCUT2D eigenvalue weighted by Gasteiger charge is 2.07. The van der Waals surface area contributed by atoms with Crippen molar-refractivity contribution in [3.63, 3.8) is 0 Å². The highest BCUT2D eigenvalue weighted by atomic mass is 35.5. The van der Waals surface area contributed by atoms with Crippen LogP contribution in [0.3, 0.4) is 0 Å². The molecule has 3 aromatic rings. The van der Waals surface area contributed by atoms with E-state index in [0.29, 0.717) is 22.8 Å². The molecule has 0 bridgehead atoms. The van der Waals surface area contributed by atoms with Crippen LogP contribution >= 0.6 is 11.6 Å². The fourth-order valence-electron chi connectivity index (χ4n) is 2.14. The molecule has 0 saturated carbocycles. The van der Waals surface area contributed by atoms with Gasteiger partial charge in [-0.1, -0.05) is 60.1 Å². The number of benzene rings is 2. The lowest BCUT2D eigenvalue weighted by Gasteiger charge is -2.05. The Hall–Kier alpha value is -2.39. The van der Waals surface area contributed by atoms with Gasteiger partial charge in [0, 0.05) is 28.8 Å². The summed E-state index contributed by atoms with van der Waals surface area (Å²) in [7, 11) is 0. The van der Waals surface area contributed by atoms with Crippen LogP contribution in [0.1, 0.15) is 11.1 Å². The Labute approximate surface area is 127 Å². The highest BCUT2D eigenvalue weighted by molar-refractivity contribution is 6.31. The molecule has 1 heterocycles. The van der Waals surface area contributed by atoms with Crippen LogP contribution in [0.5, 0.6) is 0 Å². The van der Waals surface area contributed by atoms with Gasteiger partial charge in [0.2, 0.25) is 0 Å². The highest BCUT2D eigenvalue weighted by Crippen LogP contribution is 2.18. The molecule has 4 heteroatoms. The van der Waals surface area contributed by atoms with Gasteiger partial charge in [-0.2, -0.15) is 0 Å². The van der Waals surface area contributed by atoms with Crippen LogP contribution < -0.4 is 5.56 Å². The summed E-state index contributed by atoms with van der Waals surface area (Å²) in [5, 5.41) is 0.657. The first kappa shape index (κ1) is 13.6. The van der Waals surface area contributed by atoms with Crippen molar-refractivity contribution in [3.8, 4) is 11.4 Å². The second-order valence-corrected chi connectivity index (χ2v) is 5.13. The van der Waals surface area contributed by atoms with Crippen LogP contribution in [-0.2, 0) is 6.42 Å². The molecular formula is C17H13ClN2O. The molecule has 0 spiro atoms. The number of rotatable bonds is 3. The summed E-state index contributed by atoms with van der Waals surface area (Å²) in [6, 6.07) is 17.1. The standard InChI is InChI=1S/C17H13ClN2O/c18-15-9-5-4-8-13(15)10-14-11-19-16(20-17(14)21)12-6-2-1-3-7-12/h1-9,11H,10H2,(H,19,20,21). The second-order valence-electron chi connectivity index (χ2n) is 4.72. The minimum atomic E-state index is -0.135. The molecule has 0 saturated heterocycles. The predicted octanol–water partition coefficient (Wildman–Crippen LogP) is 3.68. The average Bonchev–Trinajstić information content (AvgIpc) is 2.52. The van der Waals surface area contributed by atoms with Gasteiger partial charge in [-0.25, -0.2) is 4.98 Å². The molecular weight excluding hydrogens is 284 g/mol. The Morgan fingerprint density at radius 1 is 0.952 bits per heavy atom. The summed E-state index contributed by atoms with van der Waals surface area (Å²) < 4.78 is 0. The topological polar surface area (TPSA) is 45.8 Å². The van der Waals surface area contributed by atoms with Gasteiger partial charge in [0.15, 0.2) is 0 Å². The van der Waals surface area contributed by atoms with E-state index in [1.54, 1.807) is 6.20 Å². The number of nitrogens with one attached hydrogen (secondary N) is 1. The number of H-pyrrole nitrogens is 1. The Kier molecular flexibility index (Phi) is 3.84. The lowest BCUT2D eigenvalue weighted by atomic mass is 10.1. The van der Waals surface area contributed by atoms with Crippen molar-refractivity contribution in [2.75, 3.05) is 0 Å². The van der Waals surface area contributed by atoms with Crippen LogP contribution in [0.15, 0.2) is 65.6 Å². The molecule has 3 nitrogen and oxygen atoms in total. The summed E-state index contributed by atoms with van der Waals surface area (Å²) >= 11 is 6.12. The fraction of sp³-hybridized carbons (Fsp3) is 0.0588. The van der Waals surface area contributed by atoms with Gasteiger partial charge >= 0.3 is 0 Å². The molecule has 1 aromatic heterocycles. The van der Waals surface area contributed by atoms with E-state index >= 15 is 0 Å². The van der Waals surface area contributed by atoms with Gasteiger partial charge in [0.05, 0.1) is 0 Å². The molecule has 2 aromatic carbocycles. The van der Waals surface area contributed by atoms with E-state index in [0.717, 1.165) is 11.1 Å². The van der Waals surface area contributed by atoms with Crippen molar-refractivity contribution in [2.24, 2.45) is 0 Å². The zero-order valence-electron chi connectivity index (χ0n) is 11.2. The van der Waals surface area contributed by atoms with Crippen LogP contribution in [0.25, 0.3) is 11.4 Å². The lowest BCUT2D eigenvalue weighted by Crippen LogP contribution is -2.15. The van der Waals surface area contributed by atoms with Crippen molar-refractivity contribution in [1.82, 2.24) is 9.97 Å². The Morgan fingerprint density at radius 2 is 1.67 bits per heavy atom. The van der Waals surface area contributed by atoms with Crippen molar-refractivity contribution in [1.29, 1.82) is 0 Å². The number of halogens is 1. The second kappa shape index (κ2) is 5.94. The number of hydrogen-bond donors (Lipinski definition) is 1. The van der Waals surface area contributed by atoms with E-state index in [9.17, 15) is 4.79 Å². The third-order valence-corrected chi connectivity index (χ3v) is 3.63. The van der Waals surface area contributed by atoms with Gasteiger partial charge in [0.1, 0.15) is 5.82 Å². The fourth-order valence-corrected chi connectivity index (χ4v) is 2.34. The molecule has 0 aliphatic rings. The van der Waals surface area contributed by atoms with Gasteiger partial charge in [-0.3, -0.25) is 4.79 Å². The number of aromatic amines is 1. The average molecular weight is 297 g/mol. The van der Waals surface area contributed by atoms with Crippen molar-refractivity contribution in [2.45, 2.75) is 6.42 Å². The van der Waals surface area contributed by atoms with E-state index in [2.05, 4.69) is 9.97 Å². The third kappa shape index (κ3) is 3.03. The Morgan fingerprint density at radius 3 is 2.38 bits per heavy atom. The van der Waals surface area contributed by atoms with E-state index in [1.165, 1.54) is 0 Å². The molecule has 0 radical (unpaired) electrons. The Bertz CT molecular complexity index is 812. The molecule has 1 N–H and O–H groups in total. The summed E-state index contributed by atoms with van der Waals surface area (Å²) in [5.41, 5.74) is 2.27. The predicted molar refractivity (Wildman–Crippen MR) is 84.6 cm³/mol. The lowest BCUT2D eigenvalue weighted by molar-refractivity contribution is 1.03. The van der Waals surface area contributed by atoms with Gasteiger partial charge in [0.25, 0.3) is 5.56 Å². The minimum Gasteiger partial charge on any atom is -0.306 e. The van der Waals surface area contributed by atoms with Crippen LogP contribution in [0, 0.1) is 0 Å². The first-order chi connectivity index (χ1) is 10.2. The molecule has 0 fully saturated rings. The minimum absolute atomic E-state index is 0.135. The van der Waals surface area contributed by atoms with E-state index in [1.807, 2.05) is 54.6 Å².